The minimum absolute atomic E-state index is 0.0114. The summed E-state index contributed by atoms with van der Waals surface area (Å²) in [7, 11) is 0. The molecule has 0 aliphatic rings. The number of halogens is 4. The maximum absolute atomic E-state index is 11.8. The second-order valence-electron chi connectivity index (χ2n) is 2.92. The van der Waals surface area contributed by atoms with Gasteiger partial charge in [-0.2, -0.15) is 13.2 Å². The van der Waals surface area contributed by atoms with Gasteiger partial charge in [-0.05, 0) is 39.8 Å². The minimum Gasteiger partial charge on any atom is -0.310 e. The van der Waals surface area contributed by atoms with Crippen LogP contribution in [0.3, 0.4) is 0 Å². The molecule has 16 heavy (non-hydrogen) atoms. The first-order valence-electron chi connectivity index (χ1n) is 4.50. The molecule has 0 aliphatic heterocycles. The molecule has 1 aromatic heterocycles. The Morgan fingerprint density at radius 1 is 1.38 bits per heavy atom. The van der Waals surface area contributed by atoms with E-state index in [0.29, 0.717) is 13.1 Å². The van der Waals surface area contributed by atoms with E-state index in [0.717, 1.165) is 10.3 Å². The Hall–Kier alpha value is -0.270. The van der Waals surface area contributed by atoms with E-state index >= 15 is 0 Å². The summed E-state index contributed by atoms with van der Waals surface area (Å²) in [5.74, 6) is 0.0114. The Balaban J connectivity index is 2.17. The lowest BCUT2D eigenvalue weighted by Crippen LogP contribution is -2.19. The zero-order chi connectivity index (χ0) is 12.0. The van der Waals surface area contributed by atoms with Crippen molar-refractivity contribution in [3.63, 3.8) is 0 Å². The molecule has 1 aromatic rings. The summed E-state index contributed by atoms with van der Waals surface area (Å²) in [6.07, 6.45) is 0. The van der Waals surface area contributed by atoms with Gasteiger partial charge in [-0.3, -0.25) is 0 Å². The van der Waals surface area contributed by atoms with Crippen LogP contribution in [0.15, 0.2) is 22.8 Å². The maximum Gasteiger partial charge on any atom is 0.441 e. The van der Waals surface area contributed by atoms with Crippen molar-refractivity contribution < 1.29 is 13.2 Å². The lowest BCUT2D eigenvalue weighted by atomic mass is 10.3. The van der Waals surface area contributed by atoms with Gasteiger partial charge in [0.15, 0.2) is 0 Å². The fourth-order valence-electron chi connectivity index (χ4n) is 1.00. The normalized spacial score (nSPS) is 11.8. The average Bonchev–Trinajstić information content (AvgIpc) is 2.15. The van der Waals surface area contributed by atoms with Crippen LogP contribution in [0.2, 0.25) is 0 Å². The zero-order valence-electron chi connectivity index (χ0n) is 8.22. The van der Waals surface area contributed by atoms with Crippen molar-refractivity contribution in [1.29, 1.82) is 0 Å². The standard InChI is InChI=1S/C9H10BrF3N2S/c10-8-3-1-2-7(15-8)6-14-4-5-16-9(11,12)13/h1-3,14H,4-6H2. The third kappa shape index (κ3) is 6.34. The van der Waals surface area contributed by atoms with E-state index < -0.39 is 5.51 Å². The highest BCUT2D eigenvalue weighted by molar-refractivity contribution is 9.10. The molecule has 0 amide bonds. The Labute approximate surface area is 104 Å². The summed E-state index contributed by atoms with van der Waals surface area (Å²) < 4.78 is 36.0. The van der Waals surface area contributed by atoms with Crippen molar-refractivity contribution in [2.24, 2.45) is 0 Å². The minimum atomic E-state index is -4.14. The van der Waals surface area contributed by atoms with Crippen LogP contribution < -0.4 is 5.32 Å². The molecule has 2 nitrogen and oxygen atoms in total. The fraction of sp³-hybridized carbons (Fsp3) is 0.444. The molecule has 0 bridgehead atoms. The van der Waals surface area contributed by atoms with Gasteiger partial charge in [-0.1, -0.05) is 6.07 Å². The van der Waals surface area contributed by atoms with Gasteiger partial charge >= 0.3 is 5.51 Å². The van der Waals surface area contributed by atoms with E-state index in [1.807, 2.05) is 12.1 Å². The third-order valence-electron chi connectivity index (χ3n) is 1.62. The number of aromatic nitrogens is 1. The number of alkyl halides is 3. The monoisotopic (exact) mass is 314 g/mol. The van der Waals surface area contributed by atoms with E-state index in [1.165, 1.54) is 0 Å². The van der Waals surface area contributed by atoms with E-state index in [1.54, 1.807) is 6.07 Å². The van der Waals surface area contributed by atoms with Gasteiger partial charge in [-0.15, -0.1) is 0 Å². The molecule has 0 aliphatic carbocycles. The van der Waals surface area contributed by atoms with Gasteiger partial charge < -0.3 is 5.32 Å². The number of thioether (sulfide) groups is 1. The Bertz CT molecular complexity index is 333. The summed E-state index contributed by atoms with van der Waals surface area (Å²) in [5, 5.41) is 2.90. The highest BCUT2D eigenvalue weighted by atomic mass is 79.9. The Kier molecular flexibility index (Phi) is 5.57. The van der Waals surface area contributed by atoms with Gasteiger partial charge in [0.25, 0.3) is 0 Å². The van der Waals surface area contributed by atoms with Gasteiger partial charge in [0.2, 0.25) is 0 Å². The number of rotatable bonds is 5. The van der Waals surface area contributed by atoms with Crippen LogP contribution in [-0.4, -0.2) is 22.8 Å². The van der Waals surface area contributed by atoms with Crippen LogP contribution in [0.5, 0.6) is 0 Å². The van der Waals surface area contributed by atoms with E-state index in [-0.39, 0.29) is 17.5 Å². The first-order chi connectivity index (χ1) is 7.47. The SMILES string of the molecule is FC(F)(F)SCCNCc1cccc(Br)n1. The van der Waals surface area contributed by atoms with Crippen molar-refractivity contribution in [3.05, 3.63) is 28.5 Å². The van der Waals surface area contributed by atoms with Crippen LogP contribution in [0.4, 0.5) is 13.2 Å². The molecule has 0 saturated heterocycles. The first-order valence-corrected chi connectivity index (χ1v) is 6.28. The van der Waals surface area contributed by atoms with Gasteiger partial charge in [0.1, 0.15) is 4.60 Å². The molecule has 0 spiro atoms. The highest BCUT2D eigenvalue weighted by Gasteiger charge is 2.27. The summed E-state index contributed by atoms with van der Waals surface area (Å²) >= 11 is 3.20. The molecule has 0 atom stereocenters. The summed E-state index contributed by atoms with van der Waals surface area (Å²) in [5.41, 5.74) is -3.35. The van der Waals surface area contributed by atoms with Gasteiger partial charge in [0.05, 0.1) is 5.69 Å². The molecular weight excluding hydrogens is 305 g/mol. The van der Waals surface area contributed by atoms with Gasteiger partial charge in [0, 0.05) is 18.8 Å². The van der Waals surface area contributed by atoms with E-state index in [4.69, 9.17) is 0 Å². The van der Waals surface area contributed by atoms with Crippen LogP contribution in [0, 0.1) is 0 Å². The zero-order valence-corrected chi connectivity index (χ0v) is 10.6. The Morgan fingerprint density at radius 2 is 2.12 bits per heavy atom. The summed E-state index contributed by atoms with van der Waals surface area (Å²) in [6, 6.07) is 5.44. The number of hydrogen-bond acceptors (Lipinski definition) is 3. The molecule has 7 heteroatoms. The lowest BCUT2D eigenvalue weighted by molar-refractivity contribution is -0.0327. The average molecular weight is 315 g/mol. The number of pyridine rings is 1. The molecule has 90 valence electrons. The fourth-order valence-corrected chi connectivity index (χ4v) is 1.86. The van der Waals surface area contributed by atoms with Crippen molar-refractivity contribution >= 4 is 27.7 Å². The quantitative estimate of drug-likeness (QED) is 0.667. The molecule has 0 fully saturated rings. The van der Waals surface area contributed by atoms with E-state index in [2.05, 4.69) is 26.2 Å². The van der Waals surface area contributed by atoms with Crippen molar-refractivity contribution in [3.8, 4) is 0 Å². The molecule has 1 rings (SSSR count). The van der Waals surface area contributed by atoms with Crippen molar-refractivity contribution in [2.45, 2.75) is 12.1 Å². The third-order valence-corrected chi connectivity index (χ3v) is 2.80. The molecule has 1 N–H and O–H groups in total. The topological polar surface area (TPSA) is 24.9 Å². The van der Waals surface area contributed by atoms with Crippen molar-refractivity contribution in [1.82, 2.24) is 10.3 Å². The second-order valence-corrected chi connectivity index (χ2v) is 4.89. The summed E-state index contributed by atoms with van der Waals surface area (Å²) in [4.78, 5) is 4.14. The first kappa shape index (κ1) is 13.8. The summed E-state index contributed by atoms with van der Waals surface area (Å²) in [6.45, 7) is 0.774. The Morgan fingerprint density at radius 3 is 2.75 bits per heavy atom. The molecule has 0 unspecified atom stereocenters. The second kappa shape index (κ2) is 6.46. The van der Waals surface area contributed by atoms with Crippen LogP contribution in [0.25, 0.3) is 0 Å². The number of nitrogens with zero attached hydrogens (tertiary/aromatic N) is 1. The predicted octanol–water partition coefficient (Wildman–Crippen LogP) is 3.19. The molecule has 1 heterocycles. The molecule has 0 saturated carbocycles. The maximum atomic E-state index is 11.8. The number of hydrogen-bond donors (Lipinski definition) is 1. The van der Waals surface area contributed by atoms with Crippen molar-refractivity contribution in [2.75, 3.05) is 12.3 Å². The number of nitrogens with one attached hydrogen (secondary N) is 1. The smallest absolute Gasteiger partial charge is 0.310 e. The van der Waals surface area contributed by atoms with E-state index in [9.17, 15) is 13.2 Å². The largest absolute Gasteiger partial charge is 0.441 e. The highest BCUT2D eigenvalue weighted by Crippen LogP contribution is 2.29. The van der Waals surface area contributed by atoms with Crippen LogP contribution in [-0.2, 0) is 6.54 Å². The van der Waals surface area contributed by atoms with Crippen LogP contribution in [0.1, 0.15) is 5.69 Å². The van der Waals surface area contributed by atoms with Gasteiger partial charge in [-0.25, -0.2) is 4.98 Å². The molecule has 0 aromatic carbocycles. The lowest BCUT2D eigenvalue weighted by Gasteiger charge is -2.06. The molecule has 0 radical (unpaired) electrons. The predicted molar refractivity (Wildman–Crippen MR) is 62.2 cm³/mol. The van der Waals surface area contributed by atoms with Crippen LogP contribution >= 0.6 is 27.7 Å². The molecular formula is C9H10BrF3N2S.